The Hall–Kier alpha value is -1.81. The van der Waals surface area contributed by atoms with Crippen LogP contribution in [-0.4, -0.2) is 44.1 Å². The highest BCUT2D eigenvalue weighted by Crippen LogP contribution is 2.25. The fourth-order valence-corrected chi connectivity index (χ4v) is 2.21. The van der Waals surface area contributed by atoms with Gasteiger partial charge in [-0.05, 0) is 18.6 Å². The van der Waals surface area contributed by atoms with E-state index in [2.05, 4.69) is 5.32 Å². The van der Waals surface area contributed by atoms with Gasteiger partial charge in [0.2, 0.25) is 5.91 Å². The van der Waals surface area contributed by atoms with Gasteiger partial charge < -0.3 is 15.0 Å². The topological polar surface area (TPSA) is 41.6 Å². The number of para-hydroxylation sites is 1. The first-order chi connectivity index (χ1) is 9.22. The van der Waals surface area contributed by atoms with Crippen LogP contribution in [0.2, 0.25) is 0 Å². The Bertz CT molecular complexity index is 477. The average Bonchev–Trinajstić information content (AvgIpc) is 2.48. The number of benzene rings is 1. The lowest BCUT2D eigenvalue weighted by molar-refractivity contribution is -0.126. The molecule has 102 valence electrons. The summed E-state index contributed by atoms with van der Waals surface area (Å²) in [7, 11) is 1.64. The van der Waals surface area contributed by atoms with E-state index in [9.17, 15) is 4.79 Å². The van der Waals surface area contributed by atoms with Crippen LogP contribution in [0.4, 0.5) is 0 Å². The zero-order valence-corrected chi connectivity index (χ0v) is 11.5. The Morgan fingerprint density at radius 3 is 2.68 bits per heavy atom. The summed E-state index contributed by atoms with van der Waals surface area (Å²) in [4.78, 5) is 14.0. The Balaban J connectivity index is 2.15. The van der Waals surface area contributed by atoms with Crippen molar-refractivity contribution in [2.45, 2.75) is 6.92 Å². The summed E-state index contributed by atoms with van der Waals surface area (Å²) in [6, 6.07) is 7.75. The predicted octanol–water partition coefficient (Wildman–Crippen LogP) is 1.53. The van der Waals surface area contributed by atoms with Crippen LogP contribution < -0.4 is 10.1 Å². The number of allylic oxidation sites excluding steroid dienone is 1. The Morgan fingerprint density at radius 1 is 1.32 bits per heavy atom. The van der Waals surface area contributed by atoms with Crippen LogP contribution >= 0.6 is 0 Å². The molecule has 2 rings (SSSR count). The summed E-state index contributed by atoms with van der Waals surface area (Å²) in [5.41, 5.74) is 1.90. The van der Waals surface area contributed by atoms with Crippen molar-refractivity contribution in [1.29, 1.82) is 0 Å². The van der Waals surface area contributed by atoms with E-state index in [1.807, 2.05) is 36.1 Å². The molecule has 0 atom stereocenters. The molecule has 0 aliphatic carbocycles. The molecule has 0 radical (unpaired) electrons. The molecule has 0 bridgehead atoms. The largest absolute Gasteiger partial charge is 0.496 e. The summed E-state index contributed by atoms with van der Waals surface area (Å²) in [6.07, 6.45) is 1.70. The second-order valence-electron chi connectivity index (χ2n) is 4.60. The van der Waals surface area contributed by atoms with Crippen LogP contribution in [0.3, 0.4) is 0 Å². The summed E-state index contributed by atoms with van der Waals surface area (Å²) in [5, 5.41) is 3.24. The number of carbonyl (C=O) groups excluding carboxylic acids is 1. The van der Waals surface area contributed by atoms with Gasteiger partial charge in [0.1, 0.15) is 5.75 Å². The third-order valence-electron chi connectivity index (χ3n) is 3.30. The maximum atomic E-state index is 12.2. The fraction of sp³-hybridized carbons (Fsp3) is 0.400. The molecule has 1 saturated heterocycles. The molecule has 1 fully saturated rings. The van der Waals surface area contributed by atoms with Gasteiger partial charge >= 0.3 is 0 Å². The normalized spacial score (nSPS) is 16.3. The molecule has 1 heterocycles. The van der Waals surface area contributed by atoms with Crippen LogP contribution in [0.25, 0.3) is 5.57 Å². The molecular formula is C15H20N2O2. The third-order valence-corrected chi connectivity index (χ3v) is 3.30. The van der Waals surface area contributed by atoms with Gasteiger partial charge in [-0.25, -0.2) is 0 Å². The van der Waals surface area contributed by atoms with E-state index in [0.29, 0.717) is 0 Å². The number of rotatable bonds is 3. The predicted molar refractivity (Wildman–Crippen MR) is 76.1 cm³/mol. The molecule has 1 amide bonds. The quantitative estimate of drug-likeness (QED) is 0.838. The van der Waals surface area contributed by atoms with Crippen molar-refractivity contribution in [2.24, 2.45) is 0 Å². The van der Waals surface area contributed by atoms with Crippen molar-refractivity contribution in [3.63, 3.8) is 0 Å². The van der Waals surface area contributed by atoms with Gasteiger partial charge in [-0.2, -0.15) is 0 Å². The second kappa shape index (κ2) is 6.38. The van der Waals surface area contributed by atoms with Gasteiger partial charge in [0.15, 0.2) is 0 Å². The van der Waals surface area contributed by atoms with E-state index in [1.54, 1.807) is 13.2 Å². The number of ether oxygens (including phenoxy) is 1. The van der Waals surface area contributed by atoms with Gasteiger partial charge in [-0.3, -0.25) is 4.79 Å². The van der Waals surface area contributed by atoms with E-state index >= 15 is 0 Å². The number of nitrogens with one attached hydrogen (secondary N) is 1. The average molecular weight is 260 g/mol. The highest BCUT2D eigenvalue weighted by atomic mass is 16.5. The summed E-state index contributed by atoms with van der Waals surface area (Å²) < 4.78 is 5.32. The minimum Gasteiger partial charge on any atom is -0.496 e. The number of piperazine rings is 1. The van der Waals surface area contributed by atoms with Gasteiger partial charge in [0.25, 0.3) is 0 Å². The molecule has 1 N–H and O–H groups in total. The van der Waals surface area contributed by atoms with E-state index in [0.717, 1.165) is 43.1 Å². The first kappa shape index (κ1) is 13.6. The number of hydrogen-bond donors (Lipinski definition) is 1. The summed E-state index contributed by atoms with van der Waals surface area (Å²) >= 11 is 0. The van der Waals surface area contributed by atoms with Crippen molar-refractivity contribution >= 4 is 11.5 Å². The minimum absolute atomic E-state index is 0.0740. The lowest BCUT2D eigenvalue weighted by atomic mass is 10.1. The zero-order chi connectivity index (χ0) is 13.7. The van der Waals surface area contributed by atoms with E-state index in [1.165, 1.54) is 0 Å². The highest BCUT2D eigenvalue weighted by molar-refractivity contribution is 5.95. The fourth-order valence-electron chi connectivity index (χ4n) is 2.21. The Kier molecular flexibility index (Phi) is 4.58. The molecule has 1 aliphatic heterocycles. The Morgan fingerprint density at radius 2 is 2.00 bits per heavy atom. The van der Waals surface area contributed by atoms with Crippen LogP contribution in [0.5, 0.6) is 5.75 Å². The maximum Gasteiger partial charge on any atom is 0.246 e. The molecule has 0 spiro atoms. The lowest BCUT2D eigenvalue weighted by Crippen LogP contribution is -2.45. The van der Waals surface area contributed by atoms with Gasteiger partial charge in [0.05, 0.1) is 7.11 Å². The summed E-state index contributed by atoms with van der Waals surface area (Å²) in [5.74, 6) is 0.870. The third kappa shape index (κ3) is 3.35. The molecule has 4 nitrogen and oxygen atoms in total. The molecule has 19 heavy (non-hydrogen) atoms. The van der Waals surface area contributed by atoms with E-state index < -0.39 is 0 Å². The molecule has 1 aliphatic rings. The maximum absolute atomic E-state index is 12.2. The number of methoxy groups -OCH3 is 1. The van der Waals surface area contributed by atoms with Gasteiger partial charge in [-0.1, -0.05) is 18.2 Å². The van der Waals surface area contributed by atoms with Crippen molar-refractivity contribution in [3.8, 4) is 5.75 Å². The number of carbonyl (C=O) groups is 1. The minimum atomic E-state index is 0.0740. The second-order valence-corrected chi connectivity index (χ2v) is 4.60. The van der Waals surface area contributed by atoms with E-state index in [4.69, 9.17) is 4.74 Å². The van der Waals surface area contributed by atoms with Crippen molar-refractivity contribution < 1.29 is 9.53 Å². The Labute approximate surface area is 114 Å². The van der Waals surface area contributed by atoms with Gasteiger partial charge in [0, 0.05) is 37.8 Å². The number of hydrogen-bond acceptors (Lipinski definition) is 3. The van der Waals surface area contributed by atoms with Crippen LogP contribution in [0.1, 0.15) is 12.5 Å². The van der Waals surface area contributed by atoms with Crippen LogP contribution in [0.15, 0.2) is 30.3 Å². The molecule has 4 heteroatoms. The first-order valence-electron chi connectivity index (χ1n) is 6.53. The van der Waals surface area contributed by atoms with Crippen molar-refractivity contribution in [2.75, 3.05) is 33.3 Å². The first-order valence-corrected chi connectivity index (χ1v) is 6.53. The molecule has 1 aromatic carbocycles. The smallest absolute Gasteiger partial charge is 0.246 e. The van der Waals surface area contributed by atoms with Crippen molar-refractivity contribution in [1.82, 2.24) is 10.2 Å². The molecule has 0 aromatic heterocycles. The van der Waals surface area contributed by atoms with E-state index in [-0.39, 0.29) is 5.91 Å². The highest BCUT2D eigenvalue weighted by Gasteiger charge is 2.15. The zero-order valence-electron chi connectivity index (χ0n) is 11.5. The lowest BCUT2D eigenvalue weighted by Gasteiger charge is -2.26. The van der Waals surface area contributed by atoms with Crippen molar-refractivity contribution in [3.05, 3.63) is 35.9 Å². The van der Waals surface area contributed by atoms with Crippen LogP contribution in [0, 0.1) is 0 Å². The number of amides is 1. The molecule has 0 unspecified atom stereocenters. The number of nitrogens with zero attached hydrogens (tertiary/aromatic N) is 1. The standard InChI is InChI=1S/C15H20N2O2/c1-12(13-5-3-4-6-14(13)19-2)11-15(18)17-9-7-16-8-10-17/h3-6,11,16H,7-10H2,1-2H3. The molecule has 0 saturated carbocycles. The monoisotopic (exact) mass is 260 g/mol. The molecule has 1 aromatic rings. The summed E-state index contributed by atoms with van der Waals surface area (Å²) in [6.45, 7) is 5.22. The SMILES string of the molecule is COc1ccccc1C(C)=CC(=O)N1CCNCC1. The van der Waals surface area contributed by atoms with Crippen LogP contribution in [-0.2, 0) is 4.79 Å². The molecular weight excluding hydrogens is 240 g/mol. The van der Waals surface area contributed by atoms with Gasteiger partial charge in [-0.15, -0.1) is 0 Å².